The molecule has 10 nitrogen and oxygen atoms in total. The van der Waals surface area contributed by atoms with Crippen LogP contribution in [0.25, 0.3) is 23.9 Å². The van der Waals surface area contributed by atoms with Crippen molar-refractivity contribution >= 4 is 47.6 Å². The molecule has 4 rings (SSSR count). The van der Waals surface area contributed by atoms with Gasteiger partial charge in [0.15, 0.2) is 0 Å². The summed E-state index contributed by atoms with van der Waals surface area (Å²) in [5, 5.41) is 12.0. The molecule has 0 aromatic carbocycles. The first kappa shape index (κ1) is 28.7. The highest BCUT2D eigenvalue weighted by Gasteiger charge is 2.19. The van der Waals surface area contributed by atoms with E-state index < -0.39 is 11.5 Å². The summed E-state index contributed by atoms with van der Waals surface area (Å²) in [6, 6.07) is 3.58. The standard InChI is InChI=1S/C24H25N3O5S.C3H7NO/c1-15(2)19-14-33-21(25-19)5-3-16-7-9-27-20(11-16)26-23(32-13-17-8-10-31-12-17)18(24(27)30)4-6-22(28)29;1-4(2)3-5/h3-7,9,11,14-15,17H,8,10,12-13H2,1-2H3,(H,28,29);3H,1-2H3. The third kappa shape index (κ3) is 8.09. The lowest BCUT2D eigenvalue weighted by atomic mass is 10.1. The number of pyridine rings is 1. The van der Waals surface area contributed by atoms with E-state index >= 15 is 0 Å². The van der Waals surface area contributed by atoms with Crippen molar-refractivity contribution in [3.05, 3.63) is 62.0 Å². The third-order valence-electron chi connectivity index (χ3n) is 5.49. The van der Waals surface area contributed by atoms with Gasteiger partial charge in [0.1, 0.15) is 16.2 Å². The van der Waals surface area contributed by atoms with Gasteiger partial charge in [0, 0.05) is 44.3 Å². The van der Waals surface area contributed by atoms with Crippen LogP contribution in [-0.4, -0.2) is 70.7 Å². The first-order valence-corrected chi connectivity index (χ1v) is 13.0. The minimum absolute atomic E-state index is 0.0982. The van der Waals surface area contributed by atoms with Gasteiger partial charge in [0.25, 0.3) is 5.56 Å². The van der Waals surface area contributed by atoms with Crippen LogP contribution in [0.3, 0.4) is 0 Å². The average Bonchev–Trinajstić information content (AvgIpc) is 3.58. The molecule has 0 aliphatic carbocycles. The molecule has 1 atom stereocenters. The maximum absolute atomic E-state index is 13.1. The van der Waals surface area contributed by atoms with Crippen molar-refractivity contribution in [3.8, 4) is 5.88 Å². The summed E-state index contributed by atoms with van der Waals surface area (Å²) in [5.41, 5.74) is 2.03. The highest BCUT2D eigenvalue weighted by atomic mass is 32.1. The fourth-order valence-electron chi connectivity index (χ4n) is 3.38. The van der Waals surface area contributed by atoms with E-state index in [9.17, 15) is 14.4 Å². The Morgan fingerprint density at radius 3 is 2.68 bits per heavy atom. The van der Waals surface area contributed by atoms with Crippen molar-refractivity contribution in [2.75, 3.05) is 33.9 Å². The maximum atomic E-state index is 13.1. The Labute approximate surface area is 224 Å². The molecule has 0 saturated carbocycles. The van der Waals surface area contributed by atoms with E-state index in [1.54, 1.807) is 43.8 Å². The zero-order valence-corrected chi connectivity index (χ0v) is 22.7. The quantitative estimate of drug-likeness (QED) is 0.322. The Hall–Kier alpha value is -3.83. The van der Waals surface area contributed by atoms with Gasteiger partial charge < -0.3 is 19.5 Å². The van der Waals surface area contributed by atoms with Gasteiger partial charge in [-0.15, -0.1) is 11.3 Å². The SMILES string of the molecule is CC(C)c1csc(C=Cc2ccn3c(=O)c(C=CC(=O)O)c(OCC4CCOC4)nc3c2)n1.CN(C)C=O. The minimum atomic E-state index is -1.15. The molecule has 3 aromatic rings. The topological polar surface area (TPSA) is 123 Å². The number of carbonyl (C=O) groups is 2. The molecule has 3 aromatic heterocycles. The lowest BCUT2D eigenvalue weighted by molar-refractivity contribution is -0.131. The highest BCUT2D eigenvalue weighted by molar-refractivity contribution is 7.10. The summed E-state index contributed by atoms with van der Waals surface area (Å²) in [5.74, 6) is -0.450. The Kier molecular flexibility index (Phi) is 10.3. The Morgan fingerprint density at radius 2 is 2.08 bits per heavy atom. The van der Waals surface area contributed by atoms with Crippen LogP contribution in [0, 0.1) is 5.92 Å². The largest absolute Gasteiger partial charge is 0.478 e. The number of rotatable bonds is 9. The van der Waals surface area contributed by atoms with Crippen LogP contribution in [0.15, 0.2) is 34.6 Å². The van der Waals surface area contributed by atoms with Crippen molar-refractivity contribution < 1.29 is 24.2 Å². The number of carboxylic acids is 1. The predicted octanol–water partition coefficient (Wildman–Crippen LogP) is 3.66. The Balaban J connectivity index is 0.000000732. The number of aromatic nitrogens is 3. The van der Waals surface area contributed by atoms with Gasteiger partial charge in [-0.2, -0.15) is 4.98 Å². The van der Waals surface area contributed by atoms with E-state index in [0.717, 1.165) is 35.2 Å². The second-order valence-corrected chi connectivity index (χ2v) is 10.1. The van der Waals surface area contributed by atoms with Gasteiger partial charge in [-0.1, -0.05) is 19.9 Å². The minimum Gasteiger partial charge on any atom is -0.478 e. The summed E-state index contributed by atoms with van der Waals surface area (Å²) in [4.78, 5) is 44.1. The Bertz CT molecular complexity index is 1370. The summed E-state index contributed by atoms with van der Waals surface area (Å²) in [6.07, 6.45) is 9.24. The molecule has 1 amide bonds. The van der Waals surface area contributed by atoms with Crippen molar-refractivity contribution in [3.63, 3.8) is 0 Å². The van der Waals surface area contributed by atoms with Crippen LogP contribution in [0.4, 0.5) is 0 Å². The van der Waals surface area contributed by atoms with Crippen LogP contribution in [0.2, 0.25) is 0 Å². The number of carbonyl (C=O) groups excluding carboxylic acids is 1. The zero-order valence-electron chi connectivity index (χ0n) is 21.9. The van der Waals surface area contributed by atoms with E-state index in [1.807, 2.05) is 12.2 Å². The second kappa shape index (κ2) is 13.6. The number of nitrogens with zero attached hydrogens (tertiary/aromatic N) is 4. The summed E-state index contributed by atoms with van der Waals surface area (Å²) < 4.78 is 12.6. The smallest absolute Gasteiger partial charge is 0.328 e. The molecule has 1 fully saturated rings. The van der Waals surface area contributed by atoms with Gasteiger partial charge in [0.2, 0.25) is 12.3 Å². The van der Waals surface area contributed by atoms with Crippen LogP contribution in [0.5, 0.6) is 5.88 Å². The molecule has 0 bridgehead atoms. The van der Waals surface area contributed by atoms with Crippen molar-refractivity contribution in [1.82, 2.24) is 19.3 Å². The highest BCUT2D eigenvalue weighted by Crippen LogP contribution is 2.21. The monoisotopic (exact) mass is 540 g/mol. The number of fused-ring (bicyclic) bond motifs is 1. The number of carboxylic acid groups (broad SMARTS) is 1. The number of thiazole rings is 1. The Morgan fingerprint density at radius 1 is 1.32 bits per heavy atom. The van der Waals surface area contributed by atoms with E-state index in [4.69, 9.17) is 14.6 Å². The first-order valence-electron chi connectivity index (χ1n) is 12.1. The average molecular weight is 541 g/mol. The molecule has 38 heavy (non-hydrogen) atoms. The number of hydrogen-bond acceptors (Lipinski definition) is 8. The maximum Gasteiger partial charge on any atom is 0.328 e. The summed E-state index contributed by atoms with van der Waals surface area (Å²) in [6.45, 7) is 5.83. The first-order chi connectivity index (χ1) is 18.2. The molecule has 1 unspecified atom stereocenters. The molecule has 1 N–H and O–H groups in total. The lowest BCUT2D eigenvalue weighted by Crippen LogP contribution is -2.21. The van der Waals surface area contributed by atoms with Crippen molar-refractivity contribution in [1.29, 1.82) is 0 Å². The molecule has 1 aliphatic heterocycles. The van der Waals surface area contributed by atoms with Crippen molar-refractivity contribution in [2.24, 2.45) is 5.92 Å². The third-order valence-corrected chi connectivity index (χ3v) is 6.32. The normalized spacial score (nSPS) is 15.2. The van der Waals surface area contributed by atoms with Crippen LogP contribution in [0.1, 0.15) is 48.0 Å². The molecule has 0 spiro atoms. The zero-order chi connectivity index (χ0) is 27.7. The fourth-order valence-corrected chi connectivity index (χ4v) is 4.25. The van der Waals surface area contributed by atoms with Crippen LogP contribution < -0.4 is 10.3 Å². The van der Waals surface area contributed by atoms with Crippen LogP contribution in [-0.2, 0) is 14.3 Å². The van der Waals surface area contributed by atoms with Crippen molar-refractivity contribution in [2.45, 2.75) is 26.2 Å². The van der Waals surface area contributed by atoms with E-state index in [-0.39, 0.29) is 17.4 Å². The summed E-state index contributed by atoms with van der Waals surface area (Å²) in [7, 11) is 3.38. The summed E-state index contributed by atoms with van der Waals surface area (Å²) >= 11 is 1.58. The van der Waals surface area contributed by atoms with E-state index in [1.165, 1.54) is 15.4 Å². The molecule has 11 heteroatoms. The van der Waals surface area contributed by atoms with Gasteiger partial charge in [-0.05, 0) is 42.2 Å². The molecule has 4 heterocycles. The predicted molar refractivity (Wildman–Crippen MR) is 147 cm³/mol. The molecule has 0 radical (unpaired) electrons. The second-order valence-electron chi connectivity index (χ2n) is 9.20. The molecular weight excluding hydrogens is 508 g/mol. The van der Waals surface area contributed by atoms with Gasteiger partial charge in [0.05, 0.1) is 18.9 Å². The van der Waals surface area contributed by atoms with Gasteiger partial charge >= 0.3 is 5.97 Å². The molecule has 1 saturated heterocycles. The van der Waals surface area contributed by atoms with Gasteiger partial charge in [-0.25, -0.2) is 9.78 Å². The number of ether oxygens (including phenoxy) is 2. The number of hydrogen-bond donors (Lipinski definition) is 1. The lowest BCUT2D eigenvalue weighted by Gasteiger charge is -2.13. The van der Waals surface area contributed by atoms with E-state index in [0.29, 0.717) is 31.4 Å². The molecule has 1 aliphatic rings. The van der Waals surface area contributed by atoms with E-state index in [2.05, 4.69) is 29.2 Å². The fraction of sp³-hybridized carbons (Fsp3) is 0.370. The molecular formula is C27H32N4O6S. The molecule has 202 valence electrons. The number of amides is 1. The number of aliphatic carboxylic acids is 1. The van der Waals surface area contributed by atoms with Gasteiger partial charge in [-0.3, -0.25) is 14.0 Å². The van der Waals surface area contributed by atoms with Crippen LogP contribution >= 0.6 is 11.3 Å².